The Hall–Kier alpha value is -0.610. The predicted molar refractivity (Wildman–Crippen MR) is 90.7 cm³/mol. The molecule has 2 atom stereocenters. The van der Waals surface area contributed by atoms with Crippen molar-refractivity contribution in [3.63, 3.8) is 0 Å². The zero-order chi connectivity index (χ0) is 15.4. The van der Waals surface area contributed by atoms with Gasteiger partial charge in [-0.2, -0.15) is 0 Å². The second kappa shape index (κ2) is 7.59. The van der Waals surface area contributed by atoms with Gasteiger partial charge in [-0.1, -0.05) is 36.7 Å². The Morgan fingerprint density at radius 2 is 1.95 bits per heavy atom. The van der Waals surface area contributed by atoms with E-state index >= 15 is 0 Å². The molecule has 1 aromatic carbocycles. The largest absolute Gasteiger partial charge is 0.326 e. The Kier molecular flexibility index (Phi) is 6.06. The number of piperidine rings is 1. The smallest absolute Gasteiger partial charge is 0.0511 e. The van der Waals surface area contributed by atoms with E-state index in [0.717, 1.165) is 17.1 Å². The van der Waals surface area contributed by atoms with Crippen LogP contribution in [0.2, 0.25) is 5.02 Å². The summed E-state index contributed by atoms with van der Waals surface area (Å²) in [5.41, 5.74) is 7.44. The Morgan fingerprint density at radius 1 is 1.33 bits per heavy atom. The van der Waals surface area contributed by atoms with Gasteiger partial charge < -0.3 is 10.6 Å². The fourth-order valence-corrected chi connectivity index (χ4v) is 3.71. The molecule has 2 unspecified atom stereocenters. The molecule has 2 rings (SSSR count). The molecule has 1 saturated heterocycles. The molecule has 0 saturated carbocycles. The van der Waals surface area contributed by atoms with Gasteiger partial charge in [0.1, 0.15) is 0 Å². The average Bonchev–Trinajstić information content (AvgIpc) is 2.49. The molecule has 0 spiro atoms. The van der Waals surface area contributed by atoms with E-state index in [1.807, 2.05) is 18.2 Å². The first kappa shape index (κ1) is 16.8. The van der Waals surface area contributed by atoms with Gasteiger partial charge in [-0.25, -0.2) is 0 Å². The molecule has 1 aliphatic heterocycles. The molecule has 3 nitrogen and oxygen atoms in total. The maximum absolute atomic E-state index is 6.40. The van der Waals surface area contributed by atoms with Crippen molar-refractivity contribution in [3.8, 4) is 0 Å². The summed E-state index contributed by atoms with van der Waals surface area (Å²) in [7, 11) is 2.20. The highest BCUT2D eigenvalue weighted by molar-refractivity contribution is 6.31. The lowest BCUT2D eigenvalue weighted by Gasteiger charge is -2.42. The summed E-state index contributed by atoms with van der Waals surface area (Å²) >= 11 is 6.40. The van der Waals surface area contributed by atoms with Gasteiger partial charge in [-0.15, -0.1) is 0 Å². The molecule has 0 radical (unpaired) electrons. The normalized spacial score (nSPS) is 20.7. The molecule has 2 N–H and O–H groups in total. The summed E-state index contributed by atoms with van der Waals surface area (Å²) in [4.78, 5) is 4.96. The molecular weight excluding hydrogens is 282 g/mol. The van der Waals surface area contributed by atoms with Crippen LogP contribution >= 0.6 is 11.6 Å². The van der Waals surface area contributed by atoms with Gasteiger partial charge in [0.05, 0.1) is 6.04 Å². The summed E-state index contributed by atoms with van der Waals surface area (Å²) in [5.74, 6) is 0. The molecule has 0 aliphatic carbocycles. The molecule has 0 aromatic heterocycles. The molecule has 4 heteroatoms. The fourth-order valence-electron chi connectivity index (χ4n) is 3.46. The number of nitrogens with two attached hydrogens (primary N) is 1. The Morgan fingerprint density at radius 3 is 2.48 bits per heavy atom. The summed E-state index contributed by atoms with van der Waals surface area (Å²) < 4.78 is 0. The van der Waals surface area contributed by atoms with Crippen LogP contribution in [0.15, 0.2) is 24.3 Å². The summed E-state index contributed by atoms with van der Waals surface area (Å²) in [6.07, 6.45) is 2.41. The van der Waals surface area contributed by atoms with Crippen LogP contribution in [-0.2, 0) is 0 Å². The van der Waals surface area contributed by atoms with Crippen molar-refractivity contribution in [2.24, 2.45) is 5.73 Å². The van der Waals surface area contributed by atoms with Gasteiger partial charge in [0, 0.05) is 17.1 Å². The van der Waals surface area contributed by atoms with Gasteiger partial charge in [0.15, 0.2) is 0 Å². The van der Waals surface area contributed by atoms with E-state index in [4.69, 9.17) is 17.3 Å². The first-order chi connectivity index (χ1) is 10.0. The van der Waals surface area contributed by atoms with E-state index in [0.29, 0.717) is 6.04 Å². The van der Waals surface area contributed by atoms with E-state index < -0.39 is 0 Å². The van der Waals surface area contributed by atoms with Crippen LogP contribution in [0.3, 0.4) is 0 Å². The monoisotopic (exact) mass is 309 g/mol. The summed E-state index contributed by atoms with van der Waals surface area (Å²) in [5, 5.41) is 0.817. The van der Waals surface area contributed by atoms with Gasteiger partial charge >= 0.3 is 0 Å². The zero-order valence-corrected chi connectivity index (χ0v) is 14.2. The Labute approximate surface area is 134 Å². The maximum Gasteiger partial charge on any atom is 0.0511 e. The lowest BCUT2D eigenvalue weighted by Crippen LogP contribution is -2.48. The zero-order valence-electron chi connectivity index (χ0n) is 13.4. The van der Waals surface area contributed by atoms with E-state index in [9.17, 15) is 0 Å². The van der Waals surface area contributed by atoms with E-state index in [2.05, 4.69) is 36.8 Å². The third-order valence-corrected chi connectivity index (χ3v) is 5.09. The molecule has 1 heterocycles. The highest BCUT2D eigenvalue weighted by Crippen LogP contribution is 2.32. The fraction of sp³-hybridized carbons (Fsp3) is 0.647. The van der Waals surface area contributed by atoms with Crippen molar-refractivity contribution in [3.05, 3.63) is 34.9 Å². The Balaban J connectivity index is 2.14. The highest BCUT2D eigenvalue weighted by Gasteiger charge is 2.30. The van der Waals surface area contributed by atoms with Gasteiger partial charge in [0.2, 0.25) is 0 Å². The number of halogens is 1. The number of benzene rings is 1. The maximum atomic E-state index is 6.40. The number of rotatable bonds is 5. The third-order valence-electron chi connectivity index (χ3n) is 4.74. The van der Waals surface area contributed by atoms with Crippen LogP contribution in [0.1, 0.15) is 38.3 Å². The minimum Gasteiger partial charge on any atom is -0.326 e. The second-order valence-electron chi connectivity index (χ2n) is 6.16. The van der Waals surface area contributed by atoms with Crippen molar-refractivity contribution in [2.75, 3.05) is 26.7 Å². The standard InChI is InChI=1S/C17H28ClN3/c1-4-21-11-9-14(10-12-21)20(3)17(13(2)19)15-7-5-6-8-16(15)18/h5-8,13-14,17H,4,9-12,19H2,1-3H3. The molecule has 21 heavy (non-hydrogen) atoms. The van der Waals surface area contributed by atoms with Crippen LogP contribution in [0.4, 0.5) is 0 Å². The lowest BCUT2D eigenvalue weighted by molar-refractivity contribution is 0.0896. The minimum atomic E-state index is 0.0547. The average molecular weight is 310 g/mol. The molecule has 1 aliphatic rings. The Bertz CT molecular complexity index is 441. The topological polar surface area (TPSA) is 32.5 Å². The van der Waals surface area contributed by atoms with Crippen LogP contribution in [0.5, 0.6) is 0 Å². The first-order valence-corrected chi connectivity index (χ1v) is 8.36. The van der Waals surface area contributed by atoms with Crippen LogP contribution in [-0.4, -0.2) is 48.6 Å². The summed E-state index contributed by atoms with van der Waals surface area (Å²) in [6, 6.07) is 8.90. The van der Waals surface area contributed by atoms with Crippen LogP contribution in [0, 0.1) is 0 Å². The molecule has 118 valence electrons. The van der Waals surface area contributed by atoms with E-state index in [1.165, 1.54) is 25.9 Å². The minimum absolute atomic E-state index is 0.0547. The number of nitrogens with zero attached hydrogens (tertiary/aromatic N) is 2. The van der Waals surface area contributed by atoms with Crippen molar-refractivity contribution in [1.29, 1.82) is 0 Å². The van der Waals surface area contributed by atoms with Gasteiger partial charge in [0.25, 0.3) is 0 Å². The number of likely N-dealkylation sites (N-methyl/N-ethyl adjacent to an activating group) is 1. The number of hydrogen-bond acceptors (Lipinski definition) is 3. The van der Waals surface area contributed by atoms with Crippen LogP contribution < -0.4 is 5.73 Å². The van der Waals surface area contributed by atoms with Crippen molar-refractivity contribution in [2.45, 2.75) is 44.8 Å². The molecule has 0 amide bonds. The van der Waals surface area contributed by atoms with Gasteiger partial charge in [-0.3, -0.25) is 4.90 Å². The number of hydrogen-bond donors (Lipinski definition) is 1. The SMILES string of the molecule is CCN1CCC(N(C)C(c2ccccc2Cl)C(C)N)CC1. The van der Waals surface area contributed by atoms with Crippen LogP contribution in [0.25, 0.3) is 0 Å². The predicted octanol–water partition coefficient (Wildman–Crippen LogP) is 3.14. The molecule has 1 aromatic rings. The van der Waals surface area contributed by atoms with Crippen molar-refractivity contribution >= 4 is 11.6 Å². The quantitative estimate of drug-likeness (QED) is 0.907. The molecular formula is C17H28ClN3. The molecule has 0 bridgehead atoms. The lowest BCUT2D eigenvalue weighted by atomic mass is 9.95. The van der Waals surface area contributed by atoms with E-state index in [1.54, 1.807) is 0 Å². The summed E-state index contributed by atoms with van der Waals surface area (Å²) in [6.45, 7) is 7.82. The van der Waals surface area contributed by atoms with Crippen molar-refractivity contribution in [1.82, 2.24) is 9.80 Å². The second-order valence-corrected chi connectivity index (χ2v) is 6.56. The van der Waals surface area contributed by atoms with Crippen molar-refractivity contribution < 1.29 is 0 Å². The highest BCUT2D eigenvalue weighted by atomic mass is 35.5. The van der Waals surface area contributed by atoms with Gasteiger partial charge in [-0.05, 0) is 58.1 Å². The third kappa shape index (κ3) is 3.98. The molecule has 1 fully saturated rings. The van der Waals surface area contributed by atoms with E-state index in [-0.39, 0.29) is 12.1 Å². The number of likely N-dealkylation sites (tertiary alicyclic amines) is 1. The first-order valence-electron chi connectivity index (χ1n) is 7.98.